The van der Waals surface area contributed by atoms with Gasteiger partial charge in [-0.3, -0.25) is 4.79 Å². The molecular weight excluding hydrogens is 270 g/mol. The minimum absolute atomic E-state index is 0.0572. The summed E-state index contributed by atoms with van der Waals surface area (Å²) >= 11 is 1.58. The van der Waals surface area contributed by atoms with Crippen LogP contribution >= 0.6 is 11.3 Å². The summed E-state index contributed by atoms with van der Waals surface area (Å²) in [5, 5.41) is 9.10. The minimum atomic E-state index is 0.0572. The zero-order valence-corrected chi connectivity index (χ0v) is 12.0. The molecule has 1 fully saturated rings. The van der Waals surface area contributed by atoms with Gasteiger partial charge in [-0.1, -0.05) is 30.3 Å². The van der Waals surface area contributed by atoms with E-state index in [0.717, 1.165) is 35.9 Å². The molecule has 0 spiro atoms. The highest BCUT2D eigenvalue weighted by Crippen LogP contribution is 2.23. The number of hydrogen-bond donors (Lipinski definition) is 2. The Labute approximate surface area is 122 Å². The Kier molecular flexibility index (Phi) is 4.08. The maximum absolute atomic E-state index is 11.8. The van der Waals surface area contributed by atoms with Gasteiger partial charge in [-0.15, -0.1) is 11.3 Å². The fourth-order valence-corrected chi connectivity index (χ4v) is 2.91. The molecule has 1 saturated heterocycles. The quantitative estimate of drug-likeness (QED) is 0.880. The Hall–Kier alpha value is -1.72. The lowest BCUT2D eigenvalue weighted by Gasteiger charge is -2.26. The van der Waals surface area contributed by atoms with Gasteiger partial charge in [0.25, 0.3) is 0 Å². The van der Waals surface area contributed by atoms with Gasteiger partial charge in [-0.05, 0) is 0 Å². The summed E-state index contributed by atoms with van der Waals surface area (Å²) in [7, 11) is 0. The monoisotopic (exact) mass is 287 g/mol. The van der Waals surface area contributed by atoms with Gasteiger partial charge >= 0.3 is 0 Å². The Bertz CT molecular complexity index is 578. The molecule has 0 aliphatic carbocycles. The van der Waals surface area contributed by atoms with E-state index >= 15 is 0 Å². The first-order valence-corrected chi connectivity index (χ1v) is 7.66. The second-order valence-electron chi connectivity index (χ2n) is 5.02. The van der Waals surface area contributed by atoms with Crippen molar-refractivity contribution in [2.24, 2.45) is 5.92 Å². The molecule has 4 nitrogen and oxygen atoms in total. The number of carbonyl (C=O) groups excluding carboxylic acids is 1. The zero-order valence-electron chi connectivity index (χ0n) is 11.1. The Morgan fingerprint density at radius 2 is 2.15 bits per heavy atom. The normalized spacial score (nSPS) is 14.8. The second kappa shape index (κ2) is 6.15. The topological polar surface area (TPSA) is 54.0 Å². The number of hydrogen-bond acceptors (Lipinski definition) is 4. The van der Waals surface area contributed by atoms with Crippen LogP contribution in [0.25, 0.3) is 10.6 Å². The van der Waals surface area contributed by atoms with Crippen molar-refractivity contribution >= 4 is 17.2 Å². The number of thiazole rings is 1. The van der Waals surface area contributed by atoms with Crippen molar-refractivity contribution in [2.75, 3.05) is 19.6 Å². The molecule has 0 atom stereocenters. The van der Waals surface area contributed by atoms with Crippen LogP contribution in [0.2, 0.25) is 0 Å². The van der Waals surface area contributed by atoms with Crippen LogP contribution in [0.3, 0.4) is 0 Å². The van der Waals surface area contributed by atoms with E-state index in [1.54, 1.807) is 11.3 Å². The van der Waals surface area contributed by atoms with Gasteiger partial charge in [-0.25, -0.2) is 4.98 Å². The first-order valence-electron chi connectivity index (χ1n) is 6.78. The lowest BCUT2D eigenvalue weighted by atomic mass is 10.0. The number of amides is 1. The van der Waals surface area contributed by atoms with Crippen LogP contribution in [0, 0.1) is 5.92 Å². The Balaban J connectivity index is 1.55. The van der Waals surface area contributed by atoms with Crippen molar-refractivity contribution in [1.82, 2.24) is 15.6 Å². The number of rotatable bonds is 5. The fraction of sp³-hybridized carbons (Fsp3) is 0.333. The molecule has 1 aromatic heterocycles. The zero-order chi connectivity index (χ0) is 13.8. The molecule has 5 heteroatoms. The van der Waals surface area contributed by atoms with Gasteiger partial charge in [0.15, 0.2) is 0 Å². The molecule has 2 aromatic rings. The van der Waals surface area contributed by atoms with Gasteiger partial charge in [0, 0.05) is 36.5 Å². The van der Waals surface area contributed by atoms with E-state index in [2.05, 4.69) is 15.6 Å². The van der Waals surface area contributed by atoms with E-state index in [-0.39, 0.29) is 5.91 Å². The van der Waals surface area contributed by atoms with Gasteiger partial charge in [0.05, 0.1) is 12.1 Å². The van der Waals surface area contributed by atoms with E-state index in [1.807, 2.05) is 35.7 Å². The van der Waals surface area contributed by atoms with E-state index in [0.29, 0.717) is 12.3 Å². The molecule has 0 bridgehead atoms. The molecule has 2 heterocycles. The van der Waals surface area contributed by atoms with Crippen molar-refractivity contribution in [2.45, 2.75) is 6.42 Å². The average Bonchev–Trinajstić information content (AvgIpc) is 2.86. The summed E-state index contributed by atoms with van der Waals surface area (Å²) in [6.07, 6.45) is 0.365. The Morgan fingerprint density at radius 3 is 2.85 bits per heavy atom. The summed E-state index contributed by atoms with van der Waals surface area (Å²) in [5.74, 6) is 0.649. The van der Waals surface area contributed by atoms with E-state index in [4.69, 9.17) is 0 Å². The predicted molar refractivity (Wildman–Crippen MR) is 80.6 cm³/mol. The molecule has 1 aliphatic heterocycles. The van der Waals surface area contributed by atoms with E-state index in [1.165, 1.54) is 0 Å². The van der Waals surface area contributed by atoms with Gasteiger partial charge in [0.2, 0.25) is 5.91 Å². The van der Waals surface area contributed by atoms with Crippen molar-refractivity contribution < 1.29 is 4.79 Å². The molecule has 0 saturated carbocycles. The summed E-state index contributed by atoms with van der Waals surface area (Å²) in [6, 6.07) is 10.0. The first-order chi connectivity index (χ1) is 9.81. The minimum Gasteiger partial charge on any atom is -0.355 e. The number of nitrogens with one attached hydrogen (secondary N) is 2. The van der Waals surface area contributed by atoms with Crippen LogP contribution in [0.1, 0.15) is 5.69 Å². The highest BCUT2D eigenvalue weighted by molar-refractivity contribution is 7.13. The number of nitrogens with zero attached hydrogens (tertiary/aromatic N) is 1. The largest absolute Gasteiger partial charge is 0.355 e. The van der Waals surface area contributed by atoms with Crippen LogP contribution in [-0.2, 0) is 11.2 Å². The maximum atomic E-state index is 11.8. The van der Waals surface area contributed by atoms with Gasteiger partial charge < -0.3 is 10.6 Å². The molecular formula is C15H17N3OS. The SMILES string of the molecule is O=C(Cc1csc(-c2ccccc2)n1)NCC1CNC1. The third kappa shape index (κ3) is 3.23. The molecule has 2 N–H and O–H groups in total. The molecule has 0 unspecified atom stereocenters. The van der Waals surface area contributed by atoms with Crippen LogP contribution < -0.4 is 10.6 Å². The van der Waals surface area contributed by atoms with Crippen LogP contribution in [-0.4, -0.2) is 30.5 Å². The van der Waals surface area contributed by atoms with Gasteiger partial charge in [-0.2, -0.15) is 0 Å². The lowest BCUT2D eigenvalue weighted by Crippen LogP contribution is -2.48. The second-order valence-corrected chi connectivity index (χ2v) is 5.87. The number of carbonyl (C=O) groups is 1. The number of aromatic nitrogens is 1. The summed E-state index contributed by atoms with van der Waals surface area (Å²) < 4.78 is 0. The van der Waals surface area contributed by atoms with Crippen molar-refractivity contribution in [1.29, 1.82) is 0 Å². The molecule has 20 heavy (non-hydrogen) atoms. The van der Waals surface area contributed by atoms with Crippen molar-refractivity contribution in [3.05, 3.63) is 41.4 Å². The third-order valence-electron chi connectivity index (χ3n) is 3.37. The summed E-state index contributed by atoms with van der Waals surface area (Å²) in [6.45, 7) is 2.78. The van der Waals surface area contributed by atoms with E-state index < -0.39 is 0 Å². The first kappa shape index (κ1) is 13.3. The lowest BCUT2D eigenvalue weighted by molar-refractivity contribution is -0.120. The molecule has 1 amide bonds. The summed E-state index contributed by atoms with van der Waals surface area (Å²) in [4.78, 5) is 16.4. The van der Waals surface area contributed by atoms with Gasteiger partial charge in [0.1, 0.15) is 5.01 Å². The number of benzene rings is 1. The highest BCUT2D eigenvalue weighted by Gasteiger charge is 2.17. The van der Waals surface area contributed by atoms with Crippen molar-refractivity contribution in [3.8, 4) is 10.6 Å². The smallest absolute Gasteiger partial charge is 0.226 e. The third-order valence-corrected chi connectivity index (χ3v) is 4.31. The fourth-order valence-electron chi connectivity index (χ4n) is 2.08. The van der Waals surface area contributed by atoms with Crippen LogP contribution in [0.15, 0.2) is 35.7 Å². The van der Waals surface area contributed by atoms with Crippen LogP contribution in [0.5, 0.6) is 0 Å². The Morgan fingerprint density at radius 1 is 1.35 bits per heavy atom. The van der Waals surface area contributed by atoms with Crippen molar-refractivity contribution in [3.63, 3.8) is 0 Å². The maximum Gasteiger partial charge on any atom is 0.226 e. The highest BCUT2D eigenvalue weighted by atomic mass is 32.1. The predicted octanol–water partition coefficient (Wildman–Crippen LogP) is 1.69. The molecule has 1 aliphatic rings. The molecule has 0 radical (unpaired) electrons. The molecule has 104 valence electrons. The summed E-state index contributed by atoms with van der Waals surface area (Å²) in [5.41, 5.74) is 1.95. The molecule has 1 aromatic carbocycles. The van der Waals surface area contributed by atoms with E-state index in [9.17, 15) is 4.79 Å². The van der Waals surface area contributed by atoms with Crippen LogP contribution in [0.4, 0.5) is 0 Å². The standard InChI is InChI=1S/C15H17N3OS/c19-14(17-9-11-7-16-8-11)6-13-10-20-15(18-13)12-4-2-1-3-5-12/h1-5,10-11,16H,6-9H2,(H,17,19). The molecule has 3 rings (SSSR count). The average molecular weight is 287 g/mol.